The standard InChI is InChI=1S/C13H26N2O2S/c1-3-4-5-6-7-8-9-14-13(17)12(10-18)15-11(2)16/h12,18H,3-10H2,1-2H3,(H,14,17)(H,15,16). The Kier molecular flexibility index (Phi) is 10.9. The first-order chi connectivity index (χ1) is 8.61. The van der Waals surface area contributed by atoms with E-state index in [0.29, 0.717) is 12.3 Å². The van der Waals surface area contributed by atoms with Gasteiger partial charge in [0.25, 0.3) is 0 Å². The molecule has 0 heterocycles. The van der Waals surface area contributed by atoms with Gasteiger partial charge in [0, 0.05) is 19.2 Å². The summed E-state index contributed by atoms with van der Waals surface area (Å²) in [4.78, 5) is 22.5. The maximum Gasteiger partial charge on any atom is 0.243 e. The van der Waals surface area contributed by atoms with Crippen LogP contribution in [0.2, 0.25) is 0 Å². The molecule has 0 aromatic carbocycles. The Morgan fingerprint density at radius 2 is 1.72 bits per heavy atom. The summed E-state index contributed by atoms with van der Waals surface area (Å²) < 4.78 is 0. The van der Waals surface area contributed by atoms with Crippen LogP contribution < -0.4 is 10.6 Å². The van der Waals surface area contributed by atoms with E-state index in [0.717, 1.165) is 12.8 Å². The number of unbranched alkanes of at least 4 members (excludes halogenated alkanes) is 5. The van der Waals surface area contributed by atoms with E-state index in [1.165, 1.54) is 32.6 Å². The minimum absolute atomic E-state index is 0.145. The van der Waals surface area contributed by atoms with Crippen LogP contribution in [-0.2, 0) is 9.59 Å². The second kappa shape index (κ2) is 11.4. The summed E-state index contributed by atoms with van der Waals surface area (Å²) in [6, 6.07) is -0.522. The van der Waals surface area contributed by atoms with Crippen molar-refractivity contribution in [1.29, 1.82) is 0 Å². The molecule has 1 unspecified atom stereocenters. The fourth-order valence-corrected chi connectivity index (χ4v) is 1.94. The number of nitrogens with one attached hydrogen (secondary N) is 2. The lowest BCUT2D eigenvalue weighted by atomic mass is 10.1. The molecule has 0 saturated heterocycles. The van der Waals surface area contributed by atoms with Gasteiger partial charge >= 0.3 is 0 Å². The zero-order valence-corrected chi connectivity index (χ0v) is 12.4. The van der Waals surface area contributed by atoms with E-state index in [2.05, 4.69) is 30.2 Å². The molecule has 0 fully saturated rings. The van der Waals surface area contributed by atoms with Crippen molar-refractivity contribution in [2.75, 3.05) is 12.3 Å². The van der Waals surface area contributed by atoms with Gasteiger partial charge in [-0.2, -0.15) is 12.6 Å². The quantitative estimate of drug-likeness (QED) is 0.421. The first kappa shape index (κ1) is 17.3. The topological polar surface area (TPSA) is 58.2 Å². The molecule has 0 saturated carbocycles. The average Bonchev–Trinajstić information content (AvgIpc) is 2.34. The minimum Gasteiger partial charge on any atom is -0.354 e. The molecule has 18 heavy (non-hydrogen) atoms. The van der Waals surface area contributed by atoms with E-state index in [1.54, 1.807) is 0 Å². The normalized spacial score (nSPS) is 11.9. The van der Waals surface area contributed by atoms with Gasteiger partial charge in [0.2, 0.25) is 11.8 Å². The second-order valence-electron chi connectivity index (χ2n) is 4.49. The van der Waals surface area contributed by atoms with E-state index in [4.69, 9.17) is 0 Å². The third-order valence-electron chi connectivity index (χ3n) is 2.71. The molecular formula is C13H26N2O2S. The van der Waals surface area contributed by atoms with E-state index in [9.17, 15) is 9.59 Å². The van der Waals surface area contributed by atoms with Gasteiger partial charge in [-0.3, -0.25) is 9.59 Å². The Morgan fingerprint density at radius 3 is 2.28 bits per heavy atom. The summed E-state index contributed by atoms with van der Waals surface area (Å²) in [6.07, 6.45) is 7.18. The third-order valence-corrected chi connectivity index (χ3v) is 3.07. The van der Waals surface area contributed by atoms with Crippen molar-refractivity contribution in [2.24, 2.45) is 0 Å². The van der Waals surface area contributed by atoms with Gasteiger partial charge in [0.15, 0.2) is 0 Å². The lowest BCUT2D eigenvalue weighted by Gasteiger charge is -2.15. The number of hydrogen-bond donors (Lipinski definition) is 3. The predicted molar refractivity (Wildman–Crippen MR) is 77.8 cm³/mol. The van der Waals surface area contributed by atoms with E-state index >= 15 is 0 Å². The minimum atomic E-state index is -0.522. The zero-order valence-electron chi connectivity index (χ0n) is 11.5. The van der Waals surface area contributed by atoms with Crippen LogP contribution in [0.25, 0.3) is 0 Å². The molecule has 0 aromatic rings. The zero-order chi connectivity index (χ0) is 13.8. The molecule has 4 nitrogen and oxygen atoms in total. The van der Waals surface area contributed by atoms with Crippen LogP contribution in [0.3, 0.4) is 0 Å². The number of hydrogen-bond acceptors (Lipinski definition) is 3. The summed E-state index contributed by atoms with van der Waals surface area (Å²) >= 11 is 4.06. The highest BCUT2D eigenvalue weighted by atomic mass is 32.1. The molecule has 0 aliphatic carbocycles. The summed E-state index contributed by atoms with van der Waals surface area (Å²) in [5.74, 6) is -0.0282. The molecule has 2 N–H and O–H groups in total. The van der Waals surface area contributed by atoms with Gasteiger partial charge in [-0.1, -0.05) is 39.0 Å². The summed E-state index contributed by atoms with van der Waals surface area (Å²) in [5, 5.41) is 5.40. The number of carbonyl (C=O) groups excluding carboxylic acids is 2. The van der Waals surface area contributed by atoms with Gasteiger partial charge in [0.05, 0.1) is 0 Å². The van der Waals surface area contributed by atoms with Crippen LogP contribution in [0.4, 0.5) is 0 Å². The molecule has 0 spiro atoms. The molecule has 0 rings (SSSR count). The maximum absolute atomic E-state index is 11.7. The number of thiol groups is 1. The molecule has 0 aliphatic heterocycles. The van der Waals surface area contributed by atoms with Crippen LogP contribution >= 0.6 is 12.6 Å². The molecule has 0 aromatic heterocycles. The monoisotopic (exact) mass is 274 g/mol. The highest BCUT2D eigenvalue weighted by Crippen LogP contribution is 2.04. The van der Waals surface area contributed by atoms with Gasteiger partial charge < -0.3 is 10.6 Å². The van der Waals surface area contributed by atoms with Crippen LogP contribution in [0, 0.1) is 0 Å². The van der Waals surface area contributed by atoms with E-state index in [-0.39, 0.29) is 11.8 Å². The highest BCUT2D eigenvalue weighted by Gasteiger charge is 2.16. The molecule has 2 amide bonds. The maximum atomic E-state index is 11.7. The third kappa shape index (κ3) is 9.33. The molecule has 106 valence electrons. The average molecular weight is 274 g/mol. The van der Waals surface area contributed by atoms with E-state index < -0.39 is 6.04 Å². The Morgan fingerprint density at radius 1 is 1.11 bits per heavy atom. The Bertz CT molecular complexity index is 247. The molecule has 0 bridgehead atoms. The predicted octanol–water partition coefficient (Wildman–Crippen LogP) is 1.90. The number of amides is 2. The van der Waals surface area contributed by atoms with Crippen molar-refractivity contribution in [2.45, 2.75) is 58.4 Å². The fraction of sp³-hybridized carbons (Fsp3) is 0.846. The molecule has 0 aliphatic rings. The number of carbonyl (C=O) groups is 2. The van der Waals surface area contributed by atoms with Crippen LogP contribution in [0.15, 0.2) is 0 Å². The van der Waals surface area contributed by atoms with Crippen molar-refractivity contribution >= 4 is 24.4 Å². The largest absolute Gasteiger partial charge is 0.354 e. The summed E-state index contributed by atoms with van der Waals surface area (Å²) in [6.45, 7) is 4.27. The first-order valence-electron chi connectivity index (χ1n) is 6.77. The van der Waals surface area contributed by atoms with Gasteiger partial charge in [0.1, 0.15) is 6.04 Å². The molecule has 5 heteroatoms. The van der Waals surface area contributed by atoms with E-state index in [1.807, 2.05) is 0 Å². The van der Waals surface area contributed by atoms with Crippen molar-refractivity contribution in [3.63, 3.8) is 0 Å². The van der Waals surface area contributed by atoms with Crippen LogP contribution in [0.5, 0.6) is 0 Å². The van der Waals surface area contributed by atoms with Gasteiger partial charge in [-0.25, -0.2) is 0 Å². The SMILES string of the molecule is CCCCCCCCNC(=O)C(CS)NC(C)=O. The van der Waals surface area contributed by atoms with Gasteiger partial charge in [-0.05, 0) is 6.42 Å². The summed E-state index contributed by atoms with van der Waals surface area (Å²) in [5.41, 5.74) is 0. The number of rotatable bonds is 10. The summed E-state index contributed by atoms with van der Waals surface area (Å²) in [7, 11) is 0. The van der Waals surface area contributed by atoms with Crippen molar-refractivity contribution < 1.29 is 9.59 Å². The second-order valence-corrected chi connectivity index (χ2v) is 4.86. The Balaban J connectivity index is 3.59. The molecule has 0 radical (unpaired) electrons. The Labute approximate surface area is 116 Å². The highest BCUT2D eigenvalue weighted by molar-refractivity contribution is 7.80. The molecule has 1 atom stereocenters. The van der Waals surface area contributed by atoms with Crippen LogP contribution in [0.1, 0.15) is 52.4 Å². The van der Waals surface area contributed by atoms with Crippen molar-refractivity contribution in [1.82, 2.24) is 10.6 Å². The lowest BCUT2D eigenvalue weighted by molar-refractivity contribution is -0.127. The lowest BCUT2D eigenvalue weighted by Crippen LogP contribution is -2.47. The first-order valence-corrected chi connectivity index (χ1v) is 7.40. The smallest absolute Gasteiger partial charge is 0.243 e. The fourth-order valence-electron chi connectivity index (χ4n) is 1.68. The van der Waals surface area contributed by atoms with Crippen LogP contribution in [-0.4, -0.2) is 30.2 Å². The van der Waals surface area contributed by atoms with Gasteiger partial charge in [-0.15, -0.1) is 0 Å². The van der Waals surface area contributed by atoms with Crippen molar-refractivity contribution in [3.05, 3.63) is 0 Å². The molecular weight excluding hydrogens is 248 g/mol. The Hall–Kier alpha value is -0.710. The van der Waals surface area contributed by atoms with Crippen molar-refractivity contribution in [3.8, 4) is 0 Å².